The van der Waals surface area contributed by atoms with Crippen molar-refractivity contribution < 1.29 is 27.8 Å². The second kappa shape index (κ2) is 8.32. The van der Waals surface area contributed by atoms with Crippen LogP contribution in [0, 0.1) is 5.82 Å². The normalized spacial score (nSPS) is 13.7. The summed E-state index contributed by atoms with van der Waals surface area (Å²) < 4.78 is 41.0. The van der Waals surface area contributed by atoms with Gasteiger partial charge >= 0.3 is 5.97 Å². The summed E-state index contributed by atoms with van der Waals surface area (Å²) in [6.45, 7) is 1.64. The molecular formula is C20H18FNO5S2. The topological polar surface area (TPSA) is 104 Å². The van der Waals surface area contributed by atoms with E-state index in [1.54, 1.807) is 37.3 Å². The van der Waals surface area contributed by atoms with Crippen molar-refractivity contribution in [2.24, 2.45) is 0 Å². The van der Waals surface area contributed by atoms with E-state index in [9.17, 15) is 27.8 Å². The molecule has 0 saturated carbocycles. The van der Waals surface area contributed by atoms with E-state index in [1.165, 1.54) is 24.3 Å². The van der Waals surface area contributed by atoms with Gasteiger partial charge in [-0.3, -0.25) is 4.79 Å². The van der Waals surface area contributed by atoms with Crippen LogP contribution in [0.5, 0.6) is 5.75 Å². The van der Waals surface area contributed by atoms with Crippen molar-refractivity contribution in [3.05, 3.63) is 72.0 Å². The lowest BCUT2D eigenvalue weighted by atomic mass is 9.94. The van der Waals surface area contributed by atoms with Crippen molar-refractivity contribution in [3.8, 4) is 16.2 Å². The molecule has 2 aromatic carbocycles. The molecule has 0 spiro atoms. The highest BCUT2D eigenvalue weighted by Gasteiger charge is 2.31. The number of thiophene rings is 1. The molecule has 0 aliphatic rings. The first kappa shape index (κ1) is 21.0. The number of aromatic hydroxyl groups is 1. The van der Waals surface area contributed by atoms with Crippen molar-refractivity contribution in [3.63, 3.8) is 0 Å². The predicted molar refractivity (Wildman–Crippen MR) is 108 cm³/mol. The highest BCUT2D eigenvalue weighted by molar-refractivity contribution is 7.91. The minimum atomic E-state index is -4.11. The average molecular weight is 435 g/mol. The molecular weight excluding hydrogens is 417 g/mol. The predicted octanol–water partition coefficient (Wildman–Crippen LogP) is 3.80. The number of hydrogen-bond donors (Lipinski definition) is 3. The molecule has 0 radical (unpaired) electrons. The fourth-order valence-electron chi connectivity index (χ4n) is 2.83. The van der Waals surface area contributed by atoms with Crippen LogP contribution in [0.15, 0.2) is 64.9 Å². The number of sulfonamides is 1. The third kappa shape index (κ3) is 4.64. The number of nitrogens with one attached hydrogen (secondary N) is 1. The van der Waals surface area contributed by atoms with Crippen LogP contribution in [-0.2, 0) is 14.8 Å². The number of hydrogen-bond acceptors (Lipinski definition) is 5. The molecule has 3 N–H and O–H groups in total. The molecule has 29 heavy (non-hydrogen) atoms. The molecule has 0 aliphatic carbocycles. The van der Waals surface area contributed by atoms with E-state index >= 15 is 0 Å². The first-order valence-electron chi connectivity index (χ1n) is 8.58. The number of carbonyl (C=O) groups is 1. The number of aliphatic carboxylic acids is 1. The lowest BCUT2D eigenvalue weighted by molar-refractivity contribution is -0.139. The first-order chi connectivity index (χ1) is 13.7. The zero-order valence-corrected chi connectivity index (χ0v) is 16.9. The van der Waals surface area contributed by atoms with Crippen LogP contribution in [0.1, 0.15) is 18.4 Å². The fraction of sp³-hybridized carbons (Fsp3) is 0.150. The molecule has 1 heterocycles. The molecule has 0 saturated heterocycles. The van der Waals surface area contributed by atoms with Crippen molar-refractivity contribution >= 4 is 27.3 Å². The number of rotatable bonds is 7. The average Bonchev–Trinajstić information content (AvgIpc) is 3.19. The monoisotopic (exact) mass is 435 g/mol. The van der Waals surface area contributed by atoms with Crippen LogP contribution in [0.2, 0.25) is 0 Å². The molecule has 2 unspecified atom stereocenters. The van der Waals surface area contributed by atoms with Gasteiger partial charge in [0.25, 0.3) is 10.0 Å². The lowest BCUT2D eigenvalue weighted by Gasteiger charge is -2.21. The van der Waals surface area contributed by atoms with Crippen LogP contribution in [0.4, 0.5) is 4.39 Å². The zero-order chi connectivity index (χ0) is 21.2. The van der Waals surface area contributed by atoms with E-state index < -0.39 is 39.5 Å². The summed E-state index contributed by atoms with van der Waals surface area (Å²) in [5, 5.41) is 19.1. The van der Waals surface area contributed by atoms with Crippen LogP contribution in [0.3, 0.4) is 0 Å². The number of carboxylic acids is 1. The summed E-state index contributed by atoms with van der Waals surface area (Å²) in [5.74, 6) is -3.21. The summed E-state index contributed by atoms with van der Waals surface area (Å²) in [6.07, 6.45) is 0. The highest BCUT2D eigenvalue weighted by Crippen LogP contribution is 2.33. The van der Waals surface area contributed by atoms with E-state index in [-0.39, 0.29) is 4.21 Å². The van der Waals surface area contributed by atoms with Gasteiger partial charge in [-0.25, -0.2) is 12.8 Å². The smallest absolute Gasteiger partial charge is 0.322 e. The Bertz CT molecular complexity index is 1130. The molecule has 152 valence electrons. The Kier molecular flexibility index (Phi) is 6.02. The van der Waals surface area contributed by atoms with Gasteiger partial charge < -0.3 is 10.2 Å². The summed E-state index contributed by atoms with van der Waals surface area (Å²) in [6, 6.07) is 14.0. The summed E-state index contributed by atoms with van der Waals surface area (Å²) in [5.41, 5.74) is 1.14. The van der Waals surface area contributed by atoms with Gasteiger partial charge in [-0.1, -0.05) is 43.3 Å². The zero-order valence-electron chi connectivity index (χ0n) is 15.2. The highest BCUT2D eigenvalue weighted by atomic mass is 32.2. The second-order valence-corrected chi connectivity index (χ2v) is 9.45. The van der Waals surface area contributed by atoms with Gasteiger partial charge in [-0.05, 0) is 35.4 Å². The Morgan fingerprint density at radius 3 is 2.41 bits per heavy atom. The van der Waals surface area contributed by atoms with Gasteiger partial charge in [0.2, 0.25) is 0 Å². The van der Waals surface area contributed by atoms with Crippen molar-refractivity contribution in [1.82, 2.24) is 4.72 Å². The summed E-state index contributed by atoms with van der Waals surface area (Å²) in [7, 11) is -4.11. The number of carboxylic acid groups (broad SMARTS) is 1. The van der Waals surface area contributed by atoms with Crippen LogP contribution < -0.4 is 4.72 Å². The molecule has 0 bridgehead atoms. The maximum Gasteiger partial charge on any atom is 0.322 e. The third-order valence-electron chi connectivity index (χ3n) is 4.45. The fourth-order valence-corrected chi connectivity index (χ4v) is 5.42. The van der Waals surface area contributed by atoms with E-state index in [4.69, 9.17) is 0 Å². The molecule has 1 aromatic heterocycles. The molecule has 2 atom stereocenters. The first-order valence-corrected chi connectivity index (χ1v) is 10.9. The summed E-state index contributed by atoms with van der Waals surface area (Å²) >= 11 is 0.892. The number of benzene rings is 2. The number of phenolic OH excluding ortho intramolecular Hbond substituents is 1. The molecule has 3 aromatic rings. The van der Waals surface area contributed by atoms with Gasteiger partial charge in [0.05, 0.1) is 0 Å². The number of halogens is 1. The van der Waals surface area contributed by atoms with Crippen LogP contribution >= 0.6 is 11.3 Å². The Morgan fingerprint density at radius 1 is 1.10 bits per heavy atom. The van der Waals surface area contributed by atoms with E-state index in [1.807, 2.05) is 0 Å². The second-order valence-electron chi connectivity index (χ2n) is 6.42. The standard InChI is InChI=1S/C20H18FNO5S2/c1-12(13-5-3-2-4-6-13)19(20(24)25)22-29(26,27)18-10-9-17(28-18)14-7-8-15(21)16(23)11-14/h2-12,19,22-23H,1H3,(H,24,25). The molecule has 6 nitrogen and oxygen atoms in total. The van der Waals surface area contributed by atoms with E-state index in [0.29, 0.717) is 16.0 Å². The maximum absolute atomic E-state index is 13.2. The minimum absolute atomic E-state index is 0.0807. The quantitative estimate of drug-likeness (QED) is 0.524. The SMILES string of the molecule is CC(c1ccccc1)C(NS(=O)(=O)c1ccc(-c2ccc(F)c(O)c2)s1)C(=O)O. The minimum Gasteiger partial charge on any atom is -0.505 e. The molecule has 0 aliphatic heterocycles. The van der Waals surface area contributed by atoms with Crippen LogP contribution in [0.25, 0.3) is 10.4 Å². The summed E-state index contributed by atoms with van der Waals surface area (Å²) in [4.78, 5) is 12.2. The number of phenols is 1. The van der Waals surface area contributed by atoms with Gasteiger partial charge in [0, 0.05) is 10.8 Å². The van der Waals surface area contributed by atoms with Crippen molar-refractivity contribution in [1.29, 1.82) is 0 Å². The van der Waals surface area contributed by atoms with E-state index in [2.05, 4.69) is 4.72 Å². The van der Waals surface area contributed by atoms with Crippen molar-refractivity contribution in [2.75, 3.05) is 0 Å². The third-order valence-corrected chi connectivity index (χ3v) is 7.52. The van der Waals surface area contributed by atoms with Gasteiger partial charge in [0.15, 0.2) is 11.6 Å². The maximum atomic E-state index is 13.2. The van der Waals surface area contributed by atoms with Gasteiger partial charge in [-0.2, -0.15) is 4.72 Å². The van der Waals surface area contributed by atoms with Gasteiger partial charge in [-0.15, -0.1) is 11.3 Å². The molecule has 0 amide bonds. The Labute approximate surface area is 171 Å². The van der Waals surface area contributed by atoms with Crippen molar-refractivity contribution in [2.45, 2.75) is 23.1 Å². The molecule has 9 heteroatoms. The van der Waals surface area contributed by atoms with Gasteiger partial charge in [0.1, 0.15) is 10.3 Å². The molecule has 3 rings (SSSR count). The Morgan fingerprint density at radius 2 is 1.79 bits per heavy atom. The molecule has 0 fully saturated rings. The Hall–Kier alpha value is -2.75. The Balaban J connectivity index is 1.87. The van der Waals surface area contributed by atoms with Crippen LogP contribution in [-0.4, -0.2) is 30.6 Å². The lowest BCUT2D eigenvalue weighted by Crippen LogP contribution is -2.43. The largest absolute Gasteiger partial charge is 0.505 e. The van der Waals surface area contributed by atoms with E-state index in [0.717, 1.165) is 17.4 Å².